The van der Waals surface area contributed by atoms with E-state index in [2.05, 4.69) is 114 Å². The minimum Gasteiger partial charge on any atom is -0.196 e. The minimum atomic E-state index is 0.175. The molecule has 0 amide bonds. The van der Waals surface area contributed by atoms with Crippen molar-refractivity contribution in [1.29, 1.82) is 0 Å². The molecule has 0 atom stereocenters. The molecule has 4 aromatic rings. The second-order valence-corrected chi connectivity index (χ2v) is 16.7. The van der Waals surface area contributed by atoms with Gasteiger partial charge in [0.1, 0.15) is 0 Å². The summed E-state index contributed by atoms with van der Waals surface area (Å²) in [6.07, 6.45) is 5.77. The molecule has 0 N–H and O–H groups in total. The molecule has 0 spiro atoms. The molecular weight excluding hydrogens is 504 g/mol. The smallest absolute Gasteiger partial charge is 0.0623 e. The van der Waals surface area contributed by atoms with Gasteiger partial charge in [-0.05, 0) is 0 Å². The zero-order chi connectivity index (χ0) is 24.9. The van der Waals surface area contributed by atoms with Gasteiger partial charge in [0.05, 0.1) is 0 Å². The summed E-state index contributed by atoms with van der Waals surface area (Å²) in [6, 6.07) is 28.8. The first-order valence-corrected chi connectivity index (χ1v) is 18.4. The molecule has 0 saturated carbocycles. The van der Waals surface area contributed by atoms with Crippen molar-refractivity contribution >= 4 is 16.2 Å². The summed E-state index contributed by atoms with van der Waals surface area (Å²) in [5.41, 5.74) is 8.54. The van der Waals surface area contributed by atoms with E-state index in [-0.39, 0.29) is 5.43 Å². The largest absolute Gasteiger partial charge is 0.196 e. The van der Waals surface area contributed by atoms with Crippen LogP contribution in [0.5, 0.6) is 0 Å². The van der Waals surface area contributed by atoms with Gasteiger partial charge in [-0.3, -0.25) is 0 Å². The van der Waals surface area contributed by atoms with Gasteiger partial charge in [-0.25, -0.2) is 0 Å². The van der Waals surface area contributed by atoms with Gasteiger partial charge in [0, 0.05) is 0 Å². The molecule has 0 fully saturated rings. The van der Waals surface area contributed by atoms with Gasteiger partial charge < -0.3 is 0 Å². The van der Waals surface area contributed by atoms with Crippen molar-refractivity contribution in [2.45, 2.75) is 79.3 Å². The number of hydrogen-bond acceptors (Lipinski definition) is 0. The maximum Gasteiger partial charge on any atom is -0.0623 e. The van der Waals surface area contributed by atoms with Gasteiger partial charge >= 0.3 is 80.4 Å². The van der Waals surface area contributed by atoms with Crippen molar-refractivity contribution < 1.29 is 23.3 Å². The minimum absolute atomic E-state index is 0.175. The van der Waals surface area contributed by atoms with Gasteiger partial charge in [-0.1, -0.05) is 69.7 Å². The Morgan fingerprint density at radius 3 is 1.76 bits per heavy atom. The van der Waals surface area contributed by atoms with Crippen molar-refractivity contribution in [3.05, 3.63) is 95.1 Å². The van der Waals surface area contributed by atoms with Crippen LogP contribution in [0.2, 0.25) is 12.1 Å². The van der Waals surface area contributed by atoms with Crippen LogP contribution in [-0.4, -0.2) is 5.43 Å². The predicted octanol–water partition coefficient (Wildman–Crippen LogP) is 9.99. The van der Waals surface area contributed by atoms with E-state index in [9.17, 15) is 0 Å². The van der Waals surface area contributed by atoms with E-state index >= 15 is 0 Å². The van der Waals surface area contributed by atoms with Gasteiger partial charge in [0.2, 0.25) is 0 Å². The zero-order valence-corrected chi connectivity index (χ0v) is 25.6. The van der Waals surface area contributed by atoms with Crippen molar-refractivity contribution in [3.8, 4) is 11.1 Å². The van der Waals surface area contributed by atoms with E-state index in [1.54, 1.807) is 12.1 Å². The van der Waals surface area contributed by atoms with Crippen LogP contribution in [0.15, 0.2) is 72.8 Å². The maximum absolute atomic E-state index is 2.30. The second-order valence-electron chi connectivity index (χ2n) is 9.27. The fraction of sp³-hybridized carbons (Fsp3) is 0.375. The fourth-order valence-corrected chi connectivity index (χ4v) is 8.48. The molecule has 178 valence electrons. The Kier molecular flexibility index (Phi) is 13.1. The predicted molar refractivity (Wildman–Crippen MR) is 151 cm³/mol. The van der Waals surface area contributed by atoms with Crippen molar-refractivity contribution in [2.24, 2.45) is 0 Å². The molecule has 0 heterocycles. The first-order chi connectivity index (χ1) is 16.4. The van der Waals surface area contributed by atoms with Gasteiger partial charge in [-0.2, -0.15) is 28.3 Å². The Morgan fingerprint density at radius 1 is 0.735 bits per heavy atom. The summed E-state index contributed by atoms with van der Waals surface area (Å²) in [5, 5.41) is 2.65. The molecule has 0 unspecified atom stereocenters. The number of aryl methyl sites for hydroxylation is 2. The Labute approximate surface area is 223 Å². The summed E-state index contributed by atoms with van der Waals surface area (Å²) >= 11 is 1.86. The Hall–Kier alpha value is -1.50. The van der Waals surface area contributed by atoms with E-state index in [4.69, 9.17) is 0 Å². The second kappa shape index (κ2) is 15.5. The molecule has 0 aliphatic carbocycles. The molecule has 4 rings (SSSR count). The topological polar surface area (TPSA) is 0 Å². The first kappa shape index (κ1) is 28.7. The Bertz CT molecular complexity index is 1100. The third-order valence-electron chi connectivity index (χ3n) is 6.61. The summed E-state index contributed by atoms with van der Waals surface area (Å²) in [5.74, 6) is 0. The zero-order valence-electron chi connectivity index (χ0n) is 22.2. The molecule has 2 heteroatoms. The van der Waals surface area contributed by atoms with E-state index in [1.807, 2.05) is 23.3 Å². The summed E-state index contributed by atoms with van der Waals surface area (Å²) in [6.45, 7) is 13.3. The Morgan fingerprint density at radius 2 is 1.26 bits per heavy atom. The SMILES string of the molecule is CCCC[Si](=[Zr+2])CCCC.Cc1[cH-]c(C)c(C)c1C.c1ccc(-c2c[cH-]c3ccccc23)cc1. The van der Waals surface area contributed by atoms with Crippen LogP contribution in [0, 0.1) is 27.7 Å². The van der Waals surface area contributed by atoms with Crippen LogP contribution in [0.3, 0.4) is 0 Å². The average molecular weight is 546 g/mol. The molecule has 0 nitrogen and oxygen atoms in total. The molecule has 0 aromatic heterocycles. The van der Waals surface area contributed by atoms with E-state index in [0.29, 0.717) is 0 Å². The normalized spacial score (nSPS) is 10.4. The standard InChI is InChI=1S/C15H11.C9H13.C8H18Si.Zr/c1-2-6-12(7-3-1)15-11-10-13-8-4-5-9-14(13)15;1-6-5-7(2)9(4)8(6)3;1-3-5-7-9-8-6-4-2;/h1-11H;5H,1-4H3;3-8H2,1-2H3;/q2*-1;;+2. The van der Waals surface area contributed by atoms with Crippen molar-refractivity contribution in [2.75, 3.05) is 0 Å². The van der Waals surface area contributed by atoms with Crippen molar-refractivity contribution in [1.82, 2.24) is 0 Å². The van der Waals surface area contributed by atoms with Crippen LogP contribution in [0.25, 0.3) is 21.9 Å². The van der Waals surface area contributed by atoms with E-state index < -0.39 is 0 Å². The average Bonchev–Trinajstić information content (AvgIpc) is 3.39. The Balaban J connectivity index is 0.000000190. The van der Waals surface area contributed by atoms with E-state index in [0.717, 1.165) is 0 Å². The van der Waals surface area contributed by atoms with Gasteiger partial charge in [0.25, 0.3) is 0 Å². The fourth-order valence-electron chi connectivity index (χ4n) is 4.06. The molecule has 4 aromatic carbocycles. The van der Waals surface area contributed by atoms with Gasteiger partial charge in [-0.15, -0.1) is 46.7 Å². The summed E-state index contributed by atoms with van der Waals surface area (Å²) in [4.78, 5) is 0. The summed E-state index contributed by atoms with van der Waals surface area (Å²) < 4.78 is 0. The molecule has 0 bridgehead atoms. The molecule has 0 aliphatic rings. The van der Waals surface area contributed by atoms with Crippen LogP contribution in [0.1, 0.15) is 61.8 Å². The third kappa shape index (κ3) is 8.94. The first-order valence-electron chi connectivity index (χ1n) is 12.8. The molecule has 0 aliphatic heterocycles. The number of fused-ring (bicyclic) bond motifs is 1. The number of hydrogen-bond donors (Lipinski definition) is 0. The third-order valence-corrected chi connectivity index (χ3v) is 12.2. The summed E-state index contributed by atoms with van der Waals surface area (Å²) in [7, 11) is 0. The molecule has 34 heavy (non-hydrogen) atoms. The molecular formula is C32H42SiZr. The number of rotatable bonds is 7. The quantitative estimate of drug-likeness (QED) is 0.160. The van der Waals surface area contributed by atoms with E-state index in [1.165, 1.54) is 69.8 Å². The van der Waals surface area contributed by atoms with Crippen molar-refractivity contribution in [3.63, 3.8) is 0 Å². The monoisotopic (exact) mass is 544 g/mol. The van der Waals surface area contributed by atoms with Crippen LogP contribution in [-0.2, 0) is 23.3 Å². The number of unbranched alkanes of at least 4 members (excludes halogenated alkanes) is 2. The molecule has 0 radical (unpaired) electrons. The number of benzene rings is 2. The van der Waals surface area contributed by atoms with Crippen LogP contribution < -0.4 is 0 Å². The van der Waals surface area contributed by atoms with Gasteiger partial charge in [0.15, 0.2) is 0 Å². The van der Waals surface area contributed by atoms with Crippen LogP contribution >= 0.6 is 0 Å². The molecule has 0 saturated heterocycles. The van der Waals surface area contributed by atoms with Crippen LogP contribution in [0.4, 0.5) is 0 Å². The maximum atomic E-state index is 2.30.